The van der Waals surface area contributed by atoms with Gasteiger partial charge in [0.1, 0.15) is 17.5 Å². The predicted octanol–water partition coefficient (Wildman–Crippen LogP) is 2.15. The summed E-state index contributed by atoms with van der Waals surface area (Å²) in [5, 5.41) is 0. The van der Waals surface area contributed by atoms with Gasteiger partial charge in [-0.2, -0.15) is 0 Å². The predicted molar refractivity (Wildman–Crippen MR) is 74.3 cm³/mol. The van der Waals surface area contributed by atoms with E-state index in [1.54, 1.807) is 41.5 Å². The van der Waals surface area contributed by atoms with Crippen LogP contribution >= 0.6 is 0 Å². The van der Waals surface area contributed by atoms with Gasteiger partial charge >= 0.3 is 12.1 Å². The molecule has 0 atom stereocenters. The Morgan fingerprint density at radius 2 is 1.50 bits per heavy atom. The third kappa shape index (κ3) is 9.35. The Bertz CT molecular complexity index is 352. The normalized spacial score (nSPS) is 11.7. The molecule has 0 aliphatic heterocycles. The van der Waals surface area contributed by atoms with Crippen molar-refractivity contribution in [1.82, 2.24) is 4.90 Å². The van der Waals surface area contributed by atoms with Crippen molar-refractivity contribution in [1.29, 1.82) is 0 Å². The third-order valence-corrected chi connectivity index (χ3v) is 1.95. The van der Waals surface area contributed by atoms with Crippen LogP contribution in [0.4, 0.5) is 4.79 Å². The lowest BCUT2D eigenvalue weighted by Crippen LogP contribution is -2.39. The average Bonchev–Trinajstić information content (AvgIpc) is 2.18. The number of hydrogen-bond donors (Lipinski definition) is 0. The number of amides is 1. The van der Waals surface area contributed by atoms with Crippen LogP contribution in [-0.4, -0.2) is 47.5 Å². The molecule has 0 aromatic rings. The summed E-state index contributed by atoms with van der Waals surface area (Å²) in [5.41, 5.74) is -1.22. The number of hydrogen-bond acceptors (Lipinski definition) is 5. The molecular weight excluding hydrogens is 262 g/mol. The summed E-state index contributed by atoms with van der Waals surface area (Å²) in [5.74, 6) is -0.419. The van der Waals surface area contributed by atoms with E-state index in [-0.39, 0.29) is 19.5 Å². The van der Waals surface area contributed by atoms with Crippen LogP contribution in [-0.2, 0) is 19.1 Å². The quantitative estimate of drug-likeness (QED) is 0.572. The monoisotopic (exact) mass is 287 g/mol. The van der Waals surface area contributed by atoms with Gasteiger partial charge in [-0.15, -0.1) is 0 Å². The number of carbonyl (C=O) groups excluding carboxylic acids is 3. The van der Waals surface area contributed by atoms with E-state index in [9.17, 15) is 14.4 Å². The van der Waals surface area contributed by atoms with Gasteiger partial charge in [-0.25, -0.2) is 4.79 Å². The molecule has 0 aliphatic carbocycles. The van der Waals surface area contributed by atoms with Crippen LogP contribution in [0.15, 0.2) is 0 Å². The van der Waals surface area contributed by atoms with Gasteiger partial charge in [-0.1, -0.05) is 0 Å². The average molecular weight is 287 g/mol. The molecule has 0 aliphatic rings. The second-order valence-corrected chi connectivity index (χ2v) is 6.43. The van der Waals surface area contributed by atoms with Gasteiger partial charge in [-0.05, 0) is 41.5 Å². The minimum absolute atomic E-state index is 0.0182. The molecule has 0 heterocycles. The highest BCUT2D eigenvalue weighted by Gasteiger charge is 2.23. The SMILES string of the molecule is CC(C)(C)OC(=O)CCN(CC=O)C(=O)OC(C)(C)C. The Hall–Kier alpha value is -1.59. The van der Waals surface area contributed by atoms with Crippen molar-refractivity contribution in [3.63, 3.8) is 0 Å². The summed E-state index contributed by atoms with van der Waals surface area (Å²) in [6.07, 6.45) is -0.00300. The van der Waals surface area contributed by atoms with E-state index in [1.807, 2.05) is 0 Å². The van der Waals surface area contributed by atoms with Crippen LogP contribution in [0.2, 0.25) is 0 Å². The molecule has 20 heavy (non-hydrogen) atoms. The van der Waals surface area contributed by atoms with E-state index in [0.29, 0.717) is 6.29 Å². The van der Waals surface area contributed by atoms with Gasteiger partial charge in [-0.3, -0.25) is 4.79 Å². The zero-order valence-corrected chi connectivity index (χ0v) is 13.2. The van der Waals surface area contributed by atoms with E-state index >= 15 is 0 Å². The van der Waals surface area contributed by atoms with Crippen molar-refractivity contribution >= 4 is 18.3 Å². The molecule has 0 fully saturated rings. The van der Waals surface area contributed by atoms with Crippen molar-refractivity contribution in [2.75, 3.05) is 13.1 Å². The lowest BCUT2D eigenvalue weighted by atomic mass is 10.2. The Labute approximate surface area is 120 Å². The van der Waals surface area contributed by atoms with Gasteiger partial charge in [0, 0.05) is 6.54 Å². The van der Waals surface area contributed by atoms with Gasteiger partial charge in [0.15, 0.2) is 0 Å². The third-order valence-electron chi connectivity index (χ3n) is 1.95. The molecule has 0 aromatic carbocycles. The first kappa shape index (κ1) is 18.4. The molecule has 0 spiro atoms. The van der Waals surface area contributed by atoms with E-state index < -0.39 is 23.3 Å². The second kappa shape index (κ2) is 7.26. The number of nitrogens with zero attached hydrogens (tertiary/aromatic N) is 1. The van der Waals surface area contributed by atoms with E-state index in [1.165, 1.54) is 4.90 Å². The standard InChI is InChI=1S/C14H25NO5/c1-13(2,3)19-11(17)7-8-15(9-10-16)12(18)20-14(4,5)6/h10H,7-9H2,1-6H3. The van der Waals surface area contributed by atoms with Gasteiger partial charge in [0.05, 0.1) is 13.0 Å². The lowest BCUT2D eigenvalue weighted by Gasteiger charge is -2.26. The first-order valence-corrected chi connectivity index (χ1v) is 6.58. The van der Waals surface area contributed by atoms with Gasteiger partial charge in [0.2, 0.25) is 0 Å². The van der Waals surface area contributed by atoms with Crippen molar-refractivity contribution in [2.24, 2.45) is 0 Å². The van der Waals surface area contributed by atoms with Crippen molar-refractivity contribution in [3.8, 4) is 0 Å². The van der Waals surface area contributed by atoms with Crippen LogP contribution in [0.1, 0.15) is 48.0 Å². The molecule has 6 nitrogen and oxygen atoms in total. The fraction of sp³-hybridized carbons (Fsp3) is 0.786. The molecule has 0 saturated heterocycles. The summed E-state index contributed by atoms with van der Waals surface area (Å²) in [4.78, 5) is 35.2. The fourth-order valence-electron chi connectivity index (χ4n) is 1.29. The molecule has 0 rings (SSSR count). The lowest BCUT2D eigenvalue weighted by molar-refractivity contribution is -0.155. The molecule has 1 amide bonds. The maximum atomic E-state index is 11.8. The second-order valence-electron chi connectivity index (χ2n) is 6.43. The van der Waals surface area contributed by atoms with Crippen LogP contribution in [0, 0.1) is 0 Å². The Morgan fingerprint density at radius 3 is 1.90 bits per heavy atom. The van der Waals surface area contributed by atoms with Crippen molar-refractivity contribution < 1.29 is 23.9 Å². The molecule has 116 valence electrons. The Kier molecular flexibility index (Phi) is 6.68. The van der Waals surface area contributed by atoms with Gasteiger partial charge in [0.25, 0.3) is 0 Å². The number of rotatable bonds is 5. The van der Waals surface area contributed by atoms with Crippen LogP contribution < -0.4 is 0 Å². The highest BCUT2D eigenvalue weighted by molar-refractivity contribution is 5.74. The molecular formula is C14H25NO5. The first-order chi connectivity index (χ1) is 8.94. The largest absolute Gasteiger partial charge is 0.460 e. The van der Waals surface area contributed by atoms with Crippen molar-refractivity contribution in [2.45, 2.75) is 59.2 Å². The maximum absolute atomic E-state index is 11.8. The number of aldehydes is 1. The summed E-state index contributed by atoms with van der Waals surface area (Å²) < 4.78 is 10.3. The number of carbonyl (C=O) groups is 3. The van der Waals surface area contributed by atoms with Crippen molar-refractivity contribution in [3.05, 3.63) is 0 Å². The Morgan fingerprint density at radius 1 is 1.00 bits per heavy atom. The van der Waals surface area contributed by atoms with E-state index in [2.05, 4.69) is 0 Å². The van der Waals surface area contributed by atoms with Gasteiger partial charge < -0.3 is 19.2 Å². The van der Waals surface area contributed by atoms with E-state index in [4.69, 9.17) is 9.47 Å². The molecule has 6 heteroatoms. The molecule has 0 saturated carbocycles. The zero-order valence-electron chi connectivity index (χ0n) is 13.2. The molecule has 0 bridgehead atoms. The topological polar surface area (TPSA) is 72.9 Å². The van der Waals surface area contributed by atoms with Crippen LogP contribution in [0.3, 0.4) is 0 Å². The molecule has 0 N–H and O–H groups in total. The van der Waals surface area contributed by atoms with Crippen LogP contribution in [0.25, 0.3) is 0 Å². The number of ether oxygens (including phenoxy) is 2. The number of esters is 1. The van der Waals surface area contributed by atoms with E-state index in [0.717, 1.165) is 0 Å². The highest BCUT2D eigenvalue weighted by Crippen LogP contribution is 2.11. The molecule has 0 radical (unpaired) electrons. The summed E-state index contributed by atoms with van der Waals surface area (Å²) >= 11 is 0. The summed E-state index contributed by atoms with van der Waals surface area (Å²) in [6, 6.07) is 0. The highest BCUT2D eigenvalue weighted by atomic mass is 16.6. The minimum atomic E-state index is -0.649. The maximum Gasteiger partial charge on any atom is 0.410 e. The summed E-state index contributed by atoms with van der Waals surface area (Å²) in [7, 11) is 0. The van der Waals surface area contributed by atoms with Crippen LogP contribution in [0.5, 0.6) is 0 Å². The Balaban J connectivity index is 4.45. The molecule has 0 unspecified atom stereocenters. The smallest absolute Gasteiger partial charge is 0.410 e. The minimum Gasteiger partial charge on any atom is -0.460 e. The first-order valence-electron chi connectivity index (χ1n) is 6.58. The zero-order chi connectivity index (χ0) is 16.0. The fourth-order valence-corrected chi connectivity index (χ4v) is 1.29. The summed E-state index contributed by atoms with van der Waals surface area (Å²) in [6.45, 7) is 10.5. The molecule has 0 aromatic heterocycles.